The van der Waals surface area contributed by atoms with Gasteiger partial charge in [-0.25, -0.2) is 9.97 Å². The number of aromatic nitrogens is 5. The molecule has 4 aromatic rings. The minimum atomic E-state index is -4.54. The van der Waals surface area contributed by atoms with Crippen molar-refractivity contribution in [1.82, 2.24) is 24.7 Å². The highest BCUT2D eigenvalue weighted by molar-refractivity contribution is 6.04. The lowest BCUT2D eigenvalue weighted by Gasteiger charge is -2.13. The van der Waals surface area contributed by atoms with E-state index in [9.17, 15) is 18.0 Å². The van der Waals surface area contributed by atoms with Crippen molar-refractivity contribution in [2.45, 2.75) is 20.0 Å². The number of carbonyl (C=O) groups is 1. The molecule has 1 amide bonds. The summed E-state index contributed by atoms with van der Waals surface area (Å²) in [5.74, 6) is 1.05. The number of halogens is 3. The van der Waals surface area contributed by atoms with Gasteiger partial charge in [-0.1, -0.05) is 6.07 Å². The van der Waals surface area contributed by atoms with Crippen LogP contribution in [0.2, 0.25) is 0 Å². The smallest absolute Gasteiger partial charge is 0.373 e. The van der Waals surface area contributed by atoms with E-state index in [1.807, 2.05) is 13.0 Å². The zero-order chi connectivity index (χ0) is 25.2. The second kappa shape index (κ2) is 9.41. The van der Waals surface area contributed by atoms with Gasteiger partial charge < -0.3 is 16.0 Å². The van der Waals surface area contributed by atoms with E-state index < -0.39 is 17.6 Å². The van der Waals surface area contributed by atoms with Crippen LogP contribution in [0.3, 0.4) is 0 Å². The minimum Gasteiger partial charge on any atom is -0.373 e. The van der Waals surface area contributed by atoms with Crippen molar-refractivity contribution in [2.24, 2.45) is 0 Å². The lowest BCUT2D eigenvalue weighted by molar-refractivity contribution is -0.137. The number of aryl methyl sites for hydroxylation is 2. The molecule has 0 aliphatic rings. The van der Waals surface area contributed by atoms with Crippen LogP contribution < -0.4 is 16.0 Å². The molecule has 0 saturated carbocycles. The summed E-state index contributed by atoms with van der Waals surface area (Å²) in [4.78, 5) is 25.3. The van der Waals surface area contributed by atoms with Gasteiger partial charge in [0.15, 0.2) is 5.82 Å². The Hall–Kier alpha value is -4.48. The van der Waals surface area contributed by atoms with Crippen LogP contribution in [0.1, 0.15) is 27.3 Å². The fraction of sp³-hybridized carbons (Fsp3) is 0.174. The molecule has 0 radical (unpaired) electrons. The molecular formula is C23H21F3N8O. The highest BCUT2D eigenvalue weighted by Gasteiger charge is 2.30. The van der Waals surface area contributed by atoms with Crippen LogP contribution in [0, 0.1) is 13.8 Å². The molecule has 0 fully saturated rings. The Kier molecular flexibility index (Phi) is 6.36. The van der Waals surface area contributed by atoms with Crippen molar-refractivity contribution in [3.8, 4) is 5.82 Å². The van der Waals surface area contributed by atoms with E-state index in [0.717, 1.165) is 17.8 Å². The van der Waals surface area contributed by atoms with E-state index >= 15 is 0 Å². The summed E-state index contributed by atoms with van der Waals surface area (Å²) in [7, 11) is 1.74. The number of hydrogen-bond acceptors (Lipinski definition) is 7. The Balaban J connectivity index is 1.59. The standard InChI is InChI=1S/C23H21F3N8O/c1-13-7-21(34(33-13)20-10-19(27-3)29-12-30-20)32-18-9-17(11-28-14(18)2)31-22(35)15-5-4-6-16(8-15)23(24,25)26/h4-12,32H,1-3H3,(H,31,35)(H,27,29,30). The van der Waals surface area contributed by atoms with Gasteiger partial charge in [0.2, 0.25) is 0 Å². The van der Waals surface area contributed by atoms with Gasteiger partial charge in [0.1, 0.15) is 18.0 Å². The first-order valence-corrected chi connectivity index (χ1v) is 10.4. The van der Waals surface area contributed by atoms with Crippen LogP contribution in [-0.2, 0) is 6.18 Å². The monoisotopic (exact) mass is 482 g/mol. The molecular weight excluding hydrogens is 461 g/mol. The summed E-state index contributed by atoms with van der Waals surface area (Å²) in [5.41, 5.74) is 1.22. The number of nitrogens with zero attached hydrogens (tertiary/aromatic N) is 5. The molecule has 180 valence electrons. The summed E-state index contributed by atoms with van der Waals surface area (Å²) in [6.45, 7) is 3.61. The van der Waals surface area contributed by atoms with E-state index in [1.165, 1.54) is 24.7 Å². The van der Waals surface area contributed by atoms with Crippen LogP contribution in [0.15, 0.2) is 55.0 Å². The Morgan fingerprint density at radius 3 is 2.57 bits per heavy atom. The Bertz CT molecular complexity index is 1380. The Morgan fingerprint density at radius 2 is 1.83 bits per heavy atom. The van der Waals surface area contributed by atoms with E-state index in [1.54, 1.807) is 30.8 Å². The average Bonchev–Trinajstić information content (AvgIpc) is 3.20. The van der Waals surface area contributed by atoms with Gasteiger partial charge in [-0.05, 0) is 38.1 Å². The molecule has 0 bridgehead atoms. The number of benzene rings is 1. The molecule has 3 N–H and O–H groups in total. The Labute approximate surface area is 198 Å². The first-order chi connectivity index (χ1) is 16.6. The molecule has 0 spiro atoms. The van der Waals surface area contributed by atoms with Gasteiger partial charge in [-0.3, -0.25) is 9.78 Å². The number of carbonyl (C=O) groups excluding carboxylic acids is 1. The fourth-order valence-corrected chi connectivity index (χ4v) is 3.27. The maximum Gasteiger partial charge on any atom is 0.416 e. The van der Waals surface area contributed by atoms with E-state index in [4.69, 9.17) is 0 Å². The molecule has 1 aromatic carbocycles. The molecule has 0 aliphatic heterocycles. The number of anilines is 4. The fourth-order valence-electron chi connectivity index (χ4n) is 3.27. The lowest BCUT2D eigenvalue weighted by atomic mass is 10.1. The summed E-state index contributed by atoms with van der Waals surface area (Å²) in [6, 6.07) is 9.40. The third kappa shape index (κ3) is 5.37. The van der Waals surface area contributed by atoms with Gasteiger partial charge in [0, 0.05) is 24.7 Å². The molecule has 12 heteroatoms. The maximum atomic E-state index is 13.0. The largest absolute Gasteiger partial charge is 0.416 e. The number of pyridine rings is 1. The quantitative estimate of drug-likeness (QED) is 0.364. The van der Waals surface area contributed by atoms with Gasteiger partial charge >= 0.3 is 6.18 Å². The minimum absolute atomic E-state index is 0.118. The topological polar surface area (TPSA) is 110 Å². The van der Waals surface area contributed by atoms with Crippen LogP contribution >= 0.6 is 0 Å². The van der Waals surface area contributed by atoms with Crippen molar-refractivity contribution in [3.05, 3.63) is 77.5 Å². The van der Waals surface area contributed by atoms with E-state index in [-0.39, 0.29) is 5.56 Å². The van der Waals surface area contributed by atoms with Crippen molar-refractivity contribution in [2.75, 3.05) is 23.0 Å². The normalized spacial score (nSPS) is 11.3. The van der Waals surface area contributed by atoms with Crippen molar-refractivity contribution in [1.29, 1.82) is 0 Å². The summed E-state index contributed by atoms with van der Waals surface area (Å²) >= 11 is 0. The molecule has 0 atom stereocenters. The van der Waals surface area contributed by atoms with Crippen LogP contribution in [0.5, 0.6) is 0 Å². The maximum absolute atomic E-state index is 13.0. The SMILES string of the molecule is CNc1cc(-n2nc(C)cc2Nc2cc(NC(=O)c3cccc(C(F)(F)F)c3)cnc2C)ncn1. The summed E-state index contributed by atoms with van der Waals surface area (Å²) in [6.07, 6.45) is -1.70. The van der Waals surface area contributed by atoms with Crippen LogP contribution in [-0.4, -0.2) is 37.7 Å². The molecule has 0 saturated heterocycles. The number of amides is 1. The number of hydrogen-bond donors (Lipinski definition) is 3. The van der Waals surface area contributed by atoms with Crippen molar-refractivity contribution < 1.29 is 18.0 Å². The third-order valence-corrected chi connectivity index (χ3v) is 5.02. The molecule has 0 unspecified atom stereocenters. The van der Waals surface area contributed by atoms with Crippen LogP contribution in [0.4, 0.5) is 36.2 Å². The second-order valence-corrected chi connectivity index (χ2v) is 7.61. The highest BCUT2D eigenvalue weighted by Crippen LogP contribution is 2.30. The first kappa shape index (κ1) is 23.7. The van der Waals surface area contributed by atoms with E-state index in [2.05, 4.69) is 36.0 Å². The second-order valence-electron chi connectivity index (χ2n) is 7.61. The van der Waals surface area contributed by atoms with Gasteiger partial charge in [0.05, 0.1) is 34.5 Å². The lowest BCUT2D eigenvalue weighted by Crippen LogP contribution is -2.14. The molecule has 3 heterocycles. The summed E-state index contributed by atoms with van der Waals surface area (Å²) in [5, 5.41) is 13.3. The predicted octanol–water partition coefficient (Wildman–Crippen LogP) is 4.73. The number of nitrogens with one attached hydrogen (secondary N) is 3. The van der Waals surface area contributed by atoms with Crippen molar-refractivity contribution in [3.63, 3.8) is 0 Å². The first-order valence-electron chi connectivity index (χ1n) is 10.4. The zero-order valence-electron chi connectivity index (χ0n) is 19.0. The molecule has 9 nitrogen and oxygen atoms in total. The summed E-state index contributed by atoms with van der Waals surface area (Å²) < 4.78 is 40.6. The van der Waals surface area contributed by atoms with Crippen molar-refractivity contribution >= 4 is 28.9 Å². The predicted molar refractivity (Wildman–Crippen MR) is 125 cm³/mol. The number of rotatable bonds is 6. The van der Waals surface area contributed by atoms with Gasteiger partial charge in [-0.15, -0.1) is 0 Å². The molecule has 4 rings (SSSR count). The molecule has 35 heavy (non-hydrogen) atoms. The third-order valence-electron chi connectivity index (χ3n) is 5.02. The zero-order valence-corrected chi connectivity index (χ0v) is 19.0. The molecule has 0 aliphatic carbocycles. The number of alkyl halides is 3. The Morgan fingerprint density at radius 1 is 1.03 bits per heavy atom. The highest BCUT2D eigenvalue weighted by atomic mass is 19.4. The molecule has 3 aromatic heterocycles. The van der Waals surface area contributed by atoms with E-state index in [0.29, 0.717) is 34.5 Å². The van der Waals surface area contributed by atoms with Crippen LogP contribution in [0.25, 0.3) is 5.82 Å². The average molecular weight is 482 g/mol. The van der Waals surface area contributed by atoms with Gasteiger partial charge in [0.25, 0.3) is 5.91 Å². The van der Waals surface area contributed by atoms with Gasteiger partial charge in [-0.2, -0.15) is 23.0 Å².